The van der Waals surface area contributed by atoms with E-state index >= 15 is 0 Å². The van der Waals surface area contributed by atoms with E-state index in [1.807, 2.05) is 0 Å². The Bertz CT molecular complexity index is 3340. The second-order valence-corrected chi connectivity index (χ2v) is 17.9. The van der Waals surface area contributed by atoms with Crippen molar-refractivity contribution >= 4 is 28.2 Å². The summed E-state index contributed by atoms with van der Waals surface area (Å²) in [6, 6.07) is 76.7. The van der Waals surface area contributed by atoms with Crippen LogP contribution in [0.5, 0.6) is 0 Å². The number of para-hydroxylation sites is 1. The van der Waals surface area contributed by atoms with Gasteiger partial charge in [-0.3, -0.25) is 0 Å². The molecule has 1 atom stereocenters. The highest BCUT2D eigenvalue weighted by Gasteiger charge is 2.44. The first kappa shape index (κ1) is 38.6. The molecule has 1 aliphatic heterocycles. The van der Waals surface area contributed by atoms with Crippen LogP contribution in [-0.2, 0) is 0 Å². The molecule has 0 aromatic heterocycles. The number of allylic oxidation sites excluding steroid dienone is 10. The van der Waals surface area contributed by atoms with E-state index in [-0.39, 0.29) is 11.3 Å². The maximum absolute atomic E-state index is 5.25. The Balaban J connectivity index is 0.962. The minimum absolute atomic E-state index is 0.149. The second kappa shape index (κ2) is 15.6. The average molecular weight is 831 g/mol. The van der Waals surface area contributed by atoms with Crippen LogP contribution in [0, 0.1) is 5.41 Å². The fourth-order valence-corrected chi connectivity index (χ4v) is 10.6. The van der Waals surface area contributed by atoms with Crippen LogP contribution in [-0.4, -0.2) is 0 Å². The molecule has 308 valence electrons. The molecule has 4 aliphatic rings. The van der Waals surface area contributed by atoms with Gasteiger partial charge in [0, 0.05) is 33.6 Å². The third kappa shape index (κ3) is 6.69. The summed E-state index contributed by atoms with van der Waals surface area (Å²) < 4.78 is 0. The number of nitrogens with zero attached hydrogens (tertiary/aromatic N) is 2. The minimum atomic E-state index is -0.282. The molecule has 8 aromatic carbocycles. The Labute approximate surface area is 381 Å². The van der Waals surface area contributed by atoms with E-state index in [0.29, 0.717) is 0 Å². The maximum atomic E-state index is 5.25. The summed E-state index contributed by atoms with van der Waals surface area (Å²) in [7, 11) is 0. The average Bonchev–Trinajstić information content (AvgIpc) is 3.92. The third-order valence-corrected chi connectivity index (χ3v) is 13.7. The van der Waals surface area contributed by atoms with Gasteiger partial charge in [0.25, 0.3) is 0 Å². The van der Waals surface area contributed by atoms with Gasteiger partial charge in [-0.2, -0.15) is 0 Å². The molecule has 65 heavy (non-hydrogen) atoms. The zero-order chi connectivity index (χ0) is 43.5. The zero-order valence-corrected chi connectivity index (χ0v) is 36.5. The molecule has 0 amide bonds. The van der Waals surface area contributed by atoms with Gasteiger partial charge in [0.2, 0.25) is 0 Å². The highest BCUT2D eigenvalue weighted by Crippen LogP contribution is 2.59. The van der Waals surface area contributed by atoms with Crippen molar-refractivity contribution in [2.75, 3.05) is 4.90 Å². The third-order valence-electron chi connectivity index (χ3n) is 13.7. The molecule has 1 unspecified atom stereocenters. The highest BCUT2D eigenvalue weighted by atomic mass is 15.1. The van der Waals surface area contributed by atoms with E-state index in [2.05, 4.69) is 255 Å². The van der Waals surface area contributed by atoms with E-state index in [1.54, 1.807) is 0 Å². The standard InChI is InChI=1S/C63H46N2/c1-63(2)61-56-40-50(48-24-22-45(23-25-48)42-14-6-3-7-15-42)32-39-54(56)60(57(61)41-59-62(63)55-20-12-13-21-58(55)64-59)49-30-37-53(38-31-49)65(51-33-26-46(27-34-51)43-16-8-4-9-17-43)52-35-28-47(29-36-52)44-18-10-5-11-19-44/h3-41,50H,1-2H3. The summed E-state index contributed by atoms with van der Waals surface area (Å²) in [4.78, 5) is 7.62. The Morgan fingerprint density at radius 1 is 0.431 bits per heavy atom. The van der Waals surface area contributed by atoms with E-state index in [0.717, 1.165) is 28.1 Å². The maximum Gasteiger partial charge on any atom is 0.0713 e. The predicted molar refractivity (Wildman–Crippen MR) is 270 cm³/mol. The van der Waals surface area contributed by atoms with Crippen LogP contribution in [0.1, 0.15) is 30.9 Å². The molecule has 12 rings (SSSR count). The Kier molecular flexibility index (Phi) is 9.28. The molecular weight excluding hydrogens is 785 g/mol. The second-order valence-electron chi connectivity index (χ2n) is 17.9. The lowest BCUT2D eigenvalue weighted by Crippen LogP contribution is -2.30. The molecule has 0 radical (unpaired) electrons. The summed E-state index contributed by atoms with van der Waals surface area (Å²) >= 11 is 0. The van der Waals surface area contributed by atoms with E-state index in [1.165, 1.54) is 83.2 Å². The smallest absolute Gasteiger partial charge is 0.0713 e. The fourth-order valence-electron chi connectivity index (χ4n) is 10.6. The summed E-state index contributed by atoms with van der Waals surface area (Å²) in [5.41, 5.74) is 21.7. The molecule has 0 N–H and O–H groups in total. The molecule has 0 saturated heterocycles. The SMILES string of the molecule is CC1(C)C2=C(C=C3N=c4ccccc4=C31)C(c1ccc(N(c3ccc(-c4ccccc4)cc3)c3ccc(-c4ccccc4)cc3)cc1)=C1C=CC(c3ccc(-c4ccccc4)cc3)C=C12. The molecular formula is C63H46N2. The van der Waals surface area contributed by atoms with E-state index in [9.17, 15) is 0 Å². The molecule has 3 aliphatic carbocycles. The van der Waals surface area contributed by atoms with Gasteiger partial charge < -0.3 is 4.90 Å². The topological polar surface area (TPSA) is 15.6 Å². The van der Waals surface area contributed by atoms with Crippen molar-refractivity contribution in [2.45, 2.75) is 19.8 Å². The molecule has 0 saturated carbocycles. The van der Waals surface area contributed by atoms with Crippen molar-refractivity contribution in [1.82, 2.24) is 0 Å². The monoisotopic (exact) mass is 830 g/mol. The fraction of sp³-hybridized carbons (Fsp3) is 0.0635. The largest absolute Gasteiger partial charge is 0.311 e. The van der Waals surface area contributed by atoms with Crippen LogP contribution in [0.25, 0.3) is 44.5 Å². The number of hydrogen-bond acceptors (Lipinski definition) is 2. The van der Waals surface area contributed by atoms with Crippen LogP contribution in [0.3, 0.4) is 0 Å². The summed E-state index contributed by atoms with van der Waals surface area (Å²) in [6.07, 6.45) is 9.67. The van der Waals surface area contributed by atoms with Crippen molar-refractivity contribution in [2.24, 2.45) is 10.4 Å². The van der Waals surface area contributed by atoms with Gasteiger partial charge in [0.1, 0.15) is 0 Å². The molecule has 1 heterocycles. The summed E-state index contributed by atoms with van der Waals surface area (Å²) in [5, 5.41) is 2.30. The van der Waals surface area contributed by atoms with Gasteiger partial charge in [0.15, 0.2) is 0 Å². The van der Waals surface area contributed by atoms with Crippen LogP contribution in [0.15, 0.2) is 270 Å². The summed E-state index contributed by atoms with van der Waals surface area (Å²) in [5.74, 6) is 0.149. The van der Waals surface area contributed by atoms with Crippen molar-refractivity contribution < 1.29 is 0 Å². The molecule has 2 heteroatoms. The first-order valence-corrected chi connectivity index (χ1v) is 22.7. The van der Waals surface area contributed by atoms with Gasteiger partial charge in [-0.05, 0) is 126 Å². The van der Waals surface area contributed by atoms with E-state index < -0.39 is 0 Å². The lowest BCUT2D eigenvalue weighted by molar-refractivity contribution is 0.601. The van der Waals surface area contributed by atoms with Crippen LogP contribution in [0.2, 0.25) is 0 Å². The van der Waals surface area contributed by atoms with Gasteiger partial charge >= 0.3 is 0 Å². The van der Waals surface area contributed by atoms with Gasteiger partial charge in [-0.15, -0.1) is 0 Å². The van der Waals surface area contributed by atoms with Gasteiger partial charge in [-0.25, -0.2) is 4.99 Å². The lowest BCUT2D eigenvalue weighted by Gasteiger charge is -2.35. The van der Waals surface area contributed by atoms with Crippen LogP contribution in [0.4, 0.5) is 17.1 Å². The van der Waals surface area contributed by atoms with Gasteiger partial charge in [-0.1, -0.05) is 202 Å². The van der Waals surface area contributed by atoms with Crippen LogP contribution >= 0.6 is 0 Å². The van der Waals surface area contributed by atoms with Crippen molar-refractivity contribution in [1.29, 1.82) is 0 Å². The van der Waals surface area contributed by atoms with E-state index in [4.69, 9.17) is 4.99 Å². The molecule has 0 fully saturated rings. The lowest BCUT2D eigenvalue weighted by atomic mass is 9.68. The molecule has 2 nitrogen and oxygen atoms in total. The first-order valence-electron chi connectivity index (χ1n) is 22.7. The quantitative estimate of drug-likeness (QED) is 0.149. The number of fused-ring (bicyclic) bond motifs is 4. The number of anilines is 3. The van der Waals surface area contributed by atoms with Crippen molar-refractivity contribution in [3.8, 4) is 33.4 Å². The van der Waals surface area contributed by atoms with Crippen LogP contribution < -0.4 is 15.5 Å². The van der Waals surface area contributed by atoms with Gasteiger partial charge in [0.05, 0.1) is 11.1 Å². The normalized spacial score (nSPS) is 16.5. The predicted octanol–water partition coefficient (Wildman–Crippen LogP) is 14.9. The zero-order valence-electron chi connectivity index (χ0n) is 36.5. The Morgan fingerprint density at radius 3 is 1.40 bits per heavy atom. The summed E-state index contributed by atoms with van der Waals surface area (Å²) in [6.45, 7) is 4.80. The highest BCUT2D eigenvalue weighted by molar-refractivity contribution is 6.01. The number of hydrogen-bond donors (Lipinski definition) is 0. The first-order chi connectivity index (χ1) is 32.0. The number of benzene rings is 8. The Hall–Kier alpha value is -8.07. The minimum Gasteiger partial charge on any atom is -0.311 e. The van der Waals surface area contributed by atoms with Crippen molar-refractivity contribution in [3.05, 3.63) is 286 Å². The molecule has 0 spiro atoms. The van der Waals surface area contributed by atoms with Crippen molar-refractivity contribution in [3.63, 3.8) is 0 Å². The number of rotatable bonds is 8. The Morgan fingerprint density at radius 2 is 0.877 bits per heavy atom. The molecule has 0 bridgehead atoms. The molecule has 8 aromatic rings.